The first-order valence-electron chi connectivity index (χ1n) is 6.46. The van der Waals surface area contributed by atoms with Crippen LogP contribution in [-0.4, -0.2) is 41.7 Å². The maximum atomic E-state index is 10.9. The Morgan fingerprint density at radius 2 is 2.17 bits per heavy atom. The van der Waals surface area contributed by atoms with Gasteiger partial charge in [-0.1, -0.05) is 30.3 Å². The van der Waals surface area contributed by atoms with E-state index in [1.165, 1.54) is 5.56 Å². The molecule has 1 saturated heterocycles. The van der Waals surface area contributed by atoms with Crippen molar-refractivity contribution < 1.29 is 9.90 Å². The zero-order valence-corrected chi connectivity index (χ0v) is 10.5. The summed E-state index contributed by atoms with van der Waals surface area (Å²) in [6.45, 7) is 3.53. The zero-order valence-electron chi connectivity index (χ0n) is 10.5. The van der Waals surface area contributed by atoms with Crippen LogP contribution in [0.2, 0.25) is 0 Å². The maximum absolute atomic E-state index is 10.9. The van der Waals surface area contributed by atoms with Crippen molar-refractivity contribution in [1.82, 2.24) is 10.2 Å². The van der Waals surface area contributed by atoms with E-state index in [0.717, 1.165) is 32.6 Å². The SMILES string of the molecule is O=C(O)CC1CNCCCN1Cc1ccccc1. The van der Waals surface area contributed by atoms with Crippen LogP contribution in [-0.2, 0) is 11.3 Å². The second-order valence-electron chi connectivity index (χ2n) is 4.77. The monoisotopic (exact) mass is 248 g/mol. The van der Waals surface area contributed by atoms with E-state index in [4.69, 9.17) is 5.11 Å². The highest BCUT2D eigenvalue weighted by atomic mass is 16.4. The van der Waals surface area contributed by atoms with Gasteiger partial charge in [0.2, 0.25) is 0 Å². The standard InChI is InChI=1S/C14H20N2O2/c17-14(18)9-13-10-15-7-4-8-16(13)11-12-5-2-1-3-6-12/h1-3,5-6,13,15H,4,7-11H2,(H,17,18). The molecule has 1 aromatic rings. The van der Waals surface area contributed by atoms with Gasteiger partial charge in [0, 0.05) is 25.7 Å². The topological polar surface area (TPSA) is 52.6 Å². The molecule has 0 spiro atoms. The molecule has 0 amide bonds. The molecule has 1 unspecified atom stereocenters. The quantitative estimate of drug-likeness (QED) is 0.844. The molecule has 1 heterocycles. The highest BCUT2D eigenvalue weighted by Crippen LogP contribution is 2.13. The van der Waals surface area contributed by atoms with Crippen molar-refractivity contribution in [3.8, 4) is 0 Å². The number of hydrogen-bond acceptors (Lipinski definition) is 3. The number of rotatable bonds is 4. The molecule has 4 heteroatoms. The molecule has 0 bridgehead atoms. The summed E-state index contributed by atoms with van der Waals surface area (Å²) in [5.41, 5.74) is 1.25. The Labute approximate surface area is 108 Å². The van der Waals surface area contributed by atoms with Crippen molar-refractivity contribution in [3.63, 3.8) is 0 Å². The molecule has 1 aliphatic heterocycles. The molecule has 2 N–H and O–H groups in total. The fraction of sp³-hybridized carbons (Fsp3) is 0.500. The summed E-state index contributed by atoms with van der Waals surface area (Å²) in [4.78, 5) is 13.2. The van der Waals surface area contributed by atoms with Gasteiger partial charge in [-0.05, 0) is 18.5 Å². The summed E-state index contributed by atoms with van der Waals surface area (Å²) in [5, 5.41) is 12.3. The summed E-state index contributed by atoms with van der Waals surface area (Å²) in [6.07, 6.45) is 1.28. The second-order valence-corrected chi connectivity index (χ2v) is 4.77. The Balaban J connectivity index is 2.03. The fourth-order valence-corrected chi connectivity index (χ4v) is 2.42. The van der Waals surface area contributed by atoms with Gasteiger partial charge in [0.05, 0.1) is 6.42 Å². The molecule has 0 aromatic heterocycles. The van der Waals surface area contributed by atoms with Crippen LogP contribution in [0.4, 0.5) is 0 Å². The molecule has 0 radical (unpaired) electrons. The highest BCUT2D eigenvalue weighted by Gasteiger charge is 2.23. The Bertz CT molecular complexity index is 381. The number of carboxylic acids is 1. The van der Waals surface area contributed by atoms with Gasteiger partial charge >= 0.3 is 5.97 Å². The number of benzene rings is 1. The first-order valence-corrected chi connectivity index (χ1v) is 6.46. The molecule has 18 heavy (non-hydrogen) atoms. The van der Waals surface area contributed by atoms with E-state index >= 15 is 0 Å². The van der Waals surface area contributed by atoms with Crippen LogP contribution in [0.25, 0.3) is 0 Å². The molecule has 1 aromatic carbocycles. The summed E-state index contributed by atoms with van der Waals surface area (Å²) >= 11 is 0. The number of aliphatic carboxylic acids is 1. The fourth-order valence-electron chi connectivity index (χ4n) is 2.42. The minimum atomic E-state index is -0.721. The average molecular weight is 248 g/mol. The van der Waals surface area contributed by atoms with Gasteiger partial charge < -0.3 is 10.4 Å². The number of nitrogens with one attached hydrogen (secondary N) is 1. The largest absolute Gasteiger partial charge is 0.481 e. The number of carboxylic acid groups (broad SMARTS) is 1. The van der Waals surface area contributed by atoms with Crippen molar-refractivity contribution in [2.75, 3.05) is 19.6 Å². The number of carbonyl (C=O) groups is 1. The Morgan fingerprint density at radius 3 is 2.89 bits per heavy atom. The van der Waals surface area contributed by atoms with Crippen molar-refractivity contribution in [2.45, 2.75) is 25.4 Å². The van der Waals surface area contributed by atoms with Gasteiger partial charge in [-0.2, -0.15) is 0 Å². The molecule has 98 valence electrons. The van der Waals surface area contributed by atoms with Crippen LogP contribution in [0, 0.1) is 0 Å². The van der Waals surface area contributed by atoms with Gasteiger partial charge in [0.25, 0.3) is 0 Å². The predicted molar refractivity (Wildman–Crippen MR) is 70.4 cm³/mol. The van der Waals surface area contributed by atoms with Crippen LogP contribution >= 0.6 is 0 Å². The minimum absolute atomic E-state index is 0.0882. The molecule has 2 rings (SSSR count). The first kappa shape index (κ1) is 13.1. The van der Waals surface area contributed by atoms with Gasteiger partial charge in [-0.3, -0.25) is 9.69 Å². The van der Waals surface area contributed by atoms with E-state index < -0.39 is 5.97 Å². The van der Waals surface area contributed by atoms with E-state index in [2.05, 4.69) is 22.3 Å². The van der Waals surface area contributed by atoms with Crippen LogP contribution < -0.4 is 5.32 Å². The molecule has 0 saturated carbocycles. The third-order valence-electron chi connectivity index (χ3n) is 3.33. The molecule has 0 aliphatic carbocycles. The first-order chi connectivity index (χ1) is 8.75. The summed E-state index contributed by atoms with van der Waals surface area (Å²) in [6, 6.07) is 10.3. The molecular weight excluding hydrogens is 228 g/mol. The minimum Gasteiger partial charge on any atom is -0.481 e. The summed E-state index contributed by atoms with van der Waals surface area (Å²) < 4.78 is 0. The van der Waals surface area contributed by atoms with Gasteiger partial charge in [0.15, 0.2) is 0 Å². The molecule has 1 fully saturated rings. The lowest BCUT2D eigenvalue weighted by Gasteiger charge is -2.28. The van der Waals surface area contributed by atoms with Crippen LogP contribution in [0.3, 0.4) is 0 Å². The number of nitrogens with zero attached hydrogens (tertiary/aromatic N) is 1. The summed E-state index contributed by atoms with van der Waals surface area (Å²) in [7, 11) is 0. The van der Waals surface area contributed by atoms with Crippen molar-refractivity contribution in [2.24, 2.45) is 0 Å². The third-order valence-corrected chi connectivity index (χ3v) is 3.33. The normalized spacial score (nSPS) is 21.4. The second kappa shape index (κ2) is 6.52. The highest BCUT2D eigenvalue weighted by molar-refractivity contribution is 5.67. The molecule has 4 nitrogen and oxygen atoms in total. The number of hydrogen-bond donors (Lipinski definition) is 2. The third kappa shape index (κ3) is 3.82. The Morgan fingerprint density at radius 1 is 1.39 bits per heavy atom. The molecule has 1 aliphatic rings. The average Bonchev–Trinajstić information content (AvgIpc) is 2.56. The van der Waals surface area contributed by atoms with Gasteiger partial charge in [-0.15, -0.1) is 0 Å². The predicted octanol–water partition coefficient (Wildman–Crippen LogP) is 1.33. The van der Waals surface area contributed by atoms with E-state index in [-0.39, 0.29) is 12.5 Å². The van der Waals surface area contributed by atoms with E-state index in [0.29, 0.717) is 0 Å². The van der Waals surface area contributed by atoms with E-state index in [9.17, 15) is 4.79 Å². The van der Waals surface area contributed by atoms with Crippen molar-refractivity contribution >= 4 is 5.97 Å². The lowest BCUT2D eigenvalue weighted by Crippen LogP contribution is -2.40. The van der Waals surface area contributed by atoms with Crippen molar-refractivity contribution in [3.05, 3.63) is 35.9 Å². The lowest BCUT2D eigenvalue weighted by molar-refractivity contribution is -0.138. The van der Waals surface area contributed by atoms with Crippen LogP contribution in [0.1, 0.15) is 18.4 Å². The lowest BCUT2D eigenvalue weighted by atomic mass is 10.1. The molecule has 1 atom stereocenters. The molecular formula is C14H20N2O2. The van der Waals surface area contributed by atoms with E-state index in [1.54, 1.807) is 0 Å². The summed E-state index contributed by atoms with van der Waals surface area (Å²) in [5.74, 6) is -0.721. The van der Waals surface area contributed by atoms with Gasteiger partial charge in [-0.25, -0.2) is 0 Å². The van der Waals surface area contributed by atoms with Crippen LogP contribution in [0.15, 0.2) is 30.3 Å². The Hall–Kier alpha value is -1.39. The van der Waals surface area contributed by atoms with E-state index in [1.807, 2.05) is 18.2 Å². The Kier molecular flexibility index (Phi) is 4.73. The smallest absolute Gasteiger partial charge is 0.304 e. The van der Waals surface area contributed by atoms with Crippen LogP contribution in [0.5, 0.6) is 0 Å². The van der Waals surface area contributed by atoms with Gasteiger partial charge in [0.1, 0.15) is 0 Å². The maximum Gasteiger partial charge on any atom is 0.304 e. The van der Waals surface area contributed by atoms with Crippen molar-refractivity contribution in [1.29, 1.82) is 0 Å². The zero-order chi connectivity index (χ0) is 12.8.